The molecule has 0 unspecified atom stereocenters. The standard InChI is InChI=1S/C22H26ClNO3/c1-14(2)10-21(25)24-9-8-15-12-19(26-3)20(27-4)13-18(15)22(24)16-6-5-7-17(23)11-16/h5-7,11-14,22H,8-10H2,1-4H3/t22-/m1/s1. The number of nitrogens with zero attached hydrogens (tertiary/aromatic N) is 1. The number of carbonyl (C=O) groups is 1. The van der Waals surface area contributed by atoms with Crippen molar-refractivity contribution in [3.8, 4) is 11.5 Å². The van der Waals surface area contributed by atoms with E-state index in [0.29, 0.717) is 35.4 Å². The molecular weight excluding hydrogens is 362 g/mol. The SMILES string of the molecule is COc1cc2c(cc1OC)[C@@H](c1cccc(Cl)c1)N(C(=O)CC(C)C)CC2. The Kier molecular flexibility index (Phi) is 5.95. The second kappa shape index (κ2) is 8.22. The van der Waals surface area contributed by atoms with Crippen molar-refractivity contribution in [2.45, 2.75) is 32.7 Å². The summed E-state index contributed by atoms with van der Waals surface area (Å²) in [6.07, 6.45) is 1.32. The number of ether oxygens (including phenoxy) is 2. The van der Waals surface area contributed by atoms with Gasteiger partial charge in [0.05, 0.1) is 20.3 Å². The van der Waals surface area contributed by atoms with E-state index >= 15 is 0 Å². The zero-order valence-corrected chi connectivity index (χ0v) is 17.0. The van der Waals surface area contributed by atoms with Crippen LogP contribution in [0, 0.1) is 5.92 Å². The first-order valence-electron chi connectivity index (χ1n) is 9.24. The van der Waals surface area contributed by atoms with Gasteiger partial charge < -0.3 is 14.4 Å². The largest absolute Gasteiger partial charge is 0.493 e. The highest BCUT2D eigenvalue weighted by molar-refractivity contribution is 6.30. The number of halogens is 1. The number of amides is 1. The summed E-state index contributed by atoms with van der Waals surface area (Å²) in [5.41, 5.74) is 3.25. The molecule has 1 aliphatic heterocycles. The van der Waals surface area contributed by atoms with Crippen LogP contribution in [0.2, 0.25) is 5.02 Å². The molecule has 1 heterocycles. The second-order valence-electron chi connectivity index (χ2n) is 7.30. The fourth-order valence-corrected chi connectivity index (χ4v) is 3.92. The van der Waals surface area contributed by atoms with Crippen LogP contribution in [0.4, 0.5) is 0 Å². The smallest absolute Gasteiger partial charge is 0.223 e. The fourth-order valence-electron chi connectivity index (χ4n) is 3.72. The van der Waals surface area contributed by atoms with Crippen LogP contribution >= 0.6 is 11.6 Å². The van der Waals surface area contributed by atoms with Gasteiger partial charge in [0, 0.05) is 18.0 Å². The molecule has 1 amide bonds. The predicted octanol–water partition coefficient (Wildman–Crippen LogP) is 4.88. The number of carbonyl (C=O) groups excluding carboxylic acids is 1. The average Bonchev–Trinajstić information content (AvgIpc) is 2.65. The van der Waals surface area contributed by atoms with Crippen molar-refractivity contribution in [3.63, 3.8) is 0 Å². The molecule has 1 atom stereocenters. The summed E-state index contributed by atoms with van der Waals surface area (Å²) >= 11 is 6.26. The van der Waals surface area contributed by atoms with Crippen LogP contribution in [0.5, 0.6) is 11.5 Å². The van der Waals surface area contributed by atoms with Gasteiger partial charge in [-0.15, -0.1) is 0 Å². The van der Waals surface area contributed by atoms with Gasteiger partial charge >= 0.3 is 0 Å². The number of methoxy groups -OCH3 is 2. The Balaban J connectivity index is 2.13. The highest BCUT2D eigenvalue weighted by atomic mass is 35.5. The summed E-state index contributed by atoms with van der Waals surface area (Å²) in [5.74, 6) is 1.85. The van der Waals surface area contributed by atoms with Gasteiger partial charge in [-0.05, 0) is 53.3 Å². The lowest BCUT2D eigenvalue weighted by molar-refractivity contribution is -0.134. The molecule has 4 nitrogen and oxygen atoms in total. The molecule has 0 aromatic heterocycles. The number of rotatable bonds is 5. The third-order valence-electron chi connectivity index (χ3n) is 4.94. The Bertz CT molecular complexity index is 834. The molecule has 27 heavy (non-hydrogen) atoms. The van der Waals surface area contributed by atoms with Crippen LogP contribution in [0.15, 0.2) is 36.4 Å². The third kappa shape index (κ3) is 4.06. The maximum absolute atomic E-state index is 13.0. The molecule has 144 valence electrons. The molecule has 0 spiro atoms. The zero-order chi connectivity index (χ0) is 19.6. The lowest BCUT2D eigenvalue weighted by Crippen LogP contribution is -2.41. The molecule has 1 aliphatic rings. The summed E-state index contributed by atoms with van der Waals surface area (Å²) in [5, 5.41) is 0.663. The third-order valence-corrected chi connectivity index (χ3v) is 5.18. The van der Waals surface area contributed by atoms with Gasteiger partial charge in [-0.1, -0.05) is 37.6 Å². The summed E-state index contributed by atoms with van der Waals surface area (Å²) in [4.78, 5) is 15.0. The Morgan fingerprint density at radius 1 is 1.19 bits per heavy atom. The molecule has 3 rings (SSSR count). The average molecular weight is 388 g/mol. The lowest BCUT2D eigenvalue weighted by Gasteiger charge is -2.38. The molecular formula is C22H26ClNO3. The highest BCUT2D eigenvalue weighted by Gasteiger charge is 2.33. The van der Waals surface area contributed by atoms with Crippen LogP contribution in [0.1, 0.15) is 43.0 Å². The second-order valence-corrected chi connectivity index (χ2v) is 7.74. The minimum Gasteiger partial charge on any atom is -0.493 e. The van der Waals surface area contributed by atoms with Gasteiger partial charge in [-0.3, -0.25) is 4.79 Å². The first kappa shape index (κ1) is 19.6. The molecule has 0 saturated carbocycles. The first-order chi connectivity index (χ1) is 12.9. The lowest BCUT2D eigenvalue weighted by atomic mass is 9.87. The first-order valence-corrected chi connectivity index (χ1v) is 9.62. The topological polar surface area (TPSA) is 38.8 Å². The van der Waals surface area contributed by atoms with E-state index in [1.807, 2.05) is 41.3 Å². The molecule has 2 aromatic carbocycles. The van der Waals surface area contributed by atoms with Crippen molar-refractivity contribution >= 4 is 17.5 Å². The maximum Gasteiger partial charge on any atom is 0.223 e. The minimum absolute atomic E-state index is 0.162. The van der Waals surface area contributed by atoms with Gasteiger partial charge in [0.25, 0.3) is 0 Å². The normalized spacial score (nSPS) is 16.2. The number of hydrogen-bond donors (Lipinski definition) is 0. The molecule has 0 aliphatic carbocycles. The number of fused-ring (bicyclic) bond motifs is 1. The number of benzene rings is 2. The Labute approximate surface area is 166 Å². The van der Waals surface area contributed by atoms with Gasteiger partial charge in [-0.25, -0.2) is 0 Å². The van der Waals surface area contributed by atoms with E-state index in [2.05, 4.69) is 13.8 Å². The van der Waals surface area contributed by atoms with Crippen molar-refractivity contribution in [1.82, 2.24) is 4.90 Å². The van der Waals surface area contributed by atoms with Crippen molar-refractivity contribution in [2.75, 3.05) is 20.8 Å². The molecule has 5 heteroatoms. The molecule has 0 bridgehead atoms. The minimum atomic E-state index is -0.182. The van der Waals surface area contributed by atoms with Gasteiger partial charge in [0.15, 0.2) is 11.5 Å². The molecule has 0 radical (unpaired) electrons. The van der Waals surface area contributed by atoms with Crippen LogP contribution < -0.4 is 9.47 Å². The van der Waals surface area contributed by atoms with E-state index in [1.165, 1.54) is 5.56 Å². The molecule has 0 saturated heterocycles. The van der Waals surface area contributed by atoms with Crippen LogP contribution in [-0.4, -0.2) is 31.6 Å². The zero-order valence-electron chi connectivity index (χ0n) is 16.3. The van der Waals surface area contributed by atoms with Crippen LogP contribution in [0.3, 0.4) is 0 Å². The summed E-state index contributed by atoms with van der Waals surface area (Å²) in [6.45, 7) is 4.81. The maximum atomic E-state index is 13.0. The fraction of sp³-hybridized carbons (Fsp3) is 0.409. The molecule has 0 N–H and O–H groups in total. The van der Waals surface area contributed by atoms with Gasteiger partial charge in [0.1, 0.15) is 0 Å². The van der Waals surface area contributed by atoms with Crippen molar-refractivity contribution in [1.29, 1.82) is 0 Å². The number of hydrogen-bond acceptors (Lipinski definition) is 3. The van der Waals surface area contributed by atoms with E-state index in [1.54, 1.807) is 14.2 Å². The molecule has 2 aromatic rings. The quantitative estimate of drug-likeness (QED) is 0.734. The Morgan fingerprint density at radius 3 is 2.52 bits per heavy atom. The van der Waals surface area contributed by atoms with Crippen LogP contribution in [-0.2, 0) is 11.2 Å². The Morgan fingerprint density at radius 2 is 1.89 bits per heavy atom. The summed E-state index contributed by atoms with van der Waals surface area (Å²) in [6, 6.07) is 11.6. The van der Waals surface area contributed by atoms with E-state index < -0.39 is 0 Å². The van der Waals surface area contributed by atoms with Crippen molar-refractivity contribution in [2.24, 2.45) is 5.92 Å². The van der Waals surface area contributed by atoms with E-state index in [4.69, 9.17) is 21.1 Å². The van der Waals surface area contributed by atoms with E-state index in [-0.39, 0.29) is 11.9 Å². The Hall–Kier alpha value is -2.20. The predicted molar refractivity (Wildman–Crippen MR) is 108 cm³/mol. The monoisotopic (exact) mass is 387 g/mol. The van der Waals surface area contributed by atoms with Crippen molar-refractivity contribution < 1.29 is 14.3 Å². The molecule has 0 fully saturated rings. The highest BCUT2D eigenvalue weighted by Crippen LogP contribution is 2.41. The summed E-state index contributed by atoms with van der Waals surface area (Å²) < 4.78 is 11.0. The van der Waals surface area contributed by atoms with Gasteiger partial charge in [0.2, 0.25) is 5.91 Å². The van der Waals surface area contributed by atoms with Crippen LogP contribution in [0.25, 0.3) is 0 Å². The van der Waals surface area contributed by atoms with E-state index in [9.17, 15) is 4.79 Å². The van der Waals surface area contributed by atoms with Gasteiger partial charge in [-0.2, -0.15) is 0 Å². The van der Waals surface area contributed by atoms with E-state index in [0.717, 1.165) is 17.5 Å². The summed E-state index contributed by atoms with van der Waals surface area (Å²) in [7, 11) is 3.27. The van der Waals surface area contributed by atoms with Crippen molar-refractivity contribution in [3.05, 3.63) is 58.1 Å².